The molecular formula is C16H16F3NS. The standard InChI is InChI=1S/C16H16F3NS/c1-20-15(11-6-8-14(21-2)9-7-11)12-4-3-5-13(10-12)16(17,18)19/h3-10,15,20H,1-2H3. The molecule has 0 fully saturated rings. The minimum absolute atomic E-state index is 0.261. The molecule has 0 aliphatic rings. The van der Waals surface area contributed by atoms with E-state index < -0.39 is 11.7 Å². The summed E-state index contributed by atoms with van der Waals surface area (Å²) in [5.41, 5.74) is 0.917. The Morgan fingerprint density at radius 3 is 2.19 bits per heavy atom. The molecule has 5 heteroatoms. The monoisotopic (exact) mass is 311 g/mol. The highest BCUT2D eigenvalue weighted by Crippen LogP contribution is 2.32. The van der Waals surface area contributed by atoms with Gasteiger partial charge in [0.25, 0.3) is 0 Å². The van der Waals surface area contributed by atoms with Crippen LogP contribution in [0.4, 0.5) is 13.2 Å². The van der Waals surface area contributed by atoms with Crippen LogP contribution in [-0.4, -0.2) is 13.3 Å². The van der Waals surface area contributed by atoms with Gasteiger partial charge in [-0.25, -0.2) is 0 Å². The average Bonchev–Trinajstić information content (AvgIpc) is 2.48. The van der Waals surface area contributed by atoms with Crippen molar-refractivity contribution >= 4 is 11.8 Å². The van der Waals surface area contributed by atoms with Crippen molar-refractivity contribution in [3.05, 3.63) is 65.2 Å². The number of rotatable bonds is 4. The first kappa shape index (κ1) is 15.9. The molecule has 0 saturated carbocycles. The van der Waals surface area contributed by atoms with Gasteiger partial charge < -0.3 is 5.32 Å². The number of halogens is 3. The minimum atomic E-state index is -4.32. The molecule has 0 heterocycles. The van der Waals surface area contributed by atoms with Crippen LogP contribution in [0.15, 0.2) is 53.4 Å². The molecule has 2 rings (SSSR count). The Labute approximate surface area is 126 Å². The Bertz CT molecular complexity index is 593. The summed E-state index contributed by atoms with van der Waals surface area (Å²) in [5.74, 6) is 0. The number of nitrogens with one attached hydrogen (secondary N) is 1. The second-order valence-corrected chi connectivity index (χ2v) is 5.50. The molecule has 0 aromatic heterocycles. The molecule has 21 heavy (non-hydrogen) atoms. The van der Waals surface area contributed by atoms with E-state index in [0.717, 1.165) is 16.5 Å². The number of hydrogen-bond acceptors (Lipinski definition) is 2. The summed E-state index contributed by atoms with van der Waals surface area (Å²) in [7, 11) is 1.74. The van der Waals surface area contributed by atoms with E-state index in [9.17, 15) is 13.2 Å². The highest BCUT2D eigenvalue weighted by Gasteiger charge is 2.31. The third kappa shape index (κ3) is 3.80. The van der Waals surface area contributed by atoms with Gasteiger partial charge >= 0.3 is 6.18 Å². The third-order valence-corrected chi connectivity index (χ3v) is 4.03. The Balaban J connectivity index is 2.36. The largest absolute Gasteiger partial charge is 0.416 e. The highest BCUT2D eigenvalue weighted by atomic mass is 32.2. The van der Waals surface area contributed by atoms with Crippen LogP contribution in [0.1, 0.15) is 22.7 Å². The van der Waals surface area contributed by atoms with E-state index in [0.29, 0.717) is 5.56 Å². The van der Waals surface area contributed by atoms with Gasteiger partial charge in [0, 0.05) is 4.90 Å². The summed E-state index contributed by atoms with van der Waals surface area (Å²) in [6.45, 7) is 0. The SMILES string of the molecule is CNC(c1ccc(SC)cc1)c1cccc(C(F)(F)F)c1. The fourth-order valence-corrected chi connectivity index (χ4v) is 2.62. The maximum absolute atomic E-state index is 12.8. The Hall–Kier alpha value is -1.46. The van der Waals surface area contributed by atoms with Gasteiger partial charge in [-0.3, -0.25) is 0 Å². The van der Waals surface area contributed by atoms with Crippen LogP contribution in [0, 0.1) is 0 Å². The summed E-state index contributed by atoms with van der Waals surface area (Å²) < 4.78 is 38.4. The van der Waals surface area contributed by atoms with E-state index in [1.165, 1.54) is 12.1 Å². The number of benzene rings is 2. The molecule has 1 N–H and O–H groups in total. The lowest BCUT2D eigenvalue weighted by atomic mass is 9.97. The molecule has 2 aromatic rings. The maximum atomic E-state index is 12.8. The molecule has 1 nitrogen and oxygen atoms in total. The maximum Gasteiger partial charge on any atom is 0.416 e. The van der Waals surface area contributed by atoms with Crippen molar-refractivity contribution in [3.63, 3.8) is 0 Å². The zero-order chi connectivity index (χ0) is 15.5. The minimum Gasteiger partial charge on any atom is -0.309 e. The van der Waals surface area contributed by atoms with Gasteiger partial charge in [0.2, 0.25) is 0 Å². The average molecular weight is 311 g/mol. The smallest absolute Gasteiger partial charge is 0.309 e. The van der Waals surface area contributed by atoms with Crippen LogP contribution in [0.3, 0.4) is 0 Å². The normalized spacial score (nSPS) is 13.2. The van der Waals surface area contributed by atoms with Crippen molar-refractivity contribution in [2.75, 3.05) is 13.3 Å². The van der Waals surface area contributed by atoms with Gasteiger partial charge in [-0.1, -0.05) is 24.3 Å². The molecular weight excluding hydrogens is 295 g/mol. The summed E-state index contributed by atoms with van der Waals surface area (Å²) in [6, 6.07) is 13.0. The molecule has 1 unspecified atom stereocenters. The lowest BCUT2D eigenvalue weighted by Crippen LogP contribution is -2.18. The predicted octanol–water partition coefficient (Wildman–Crippen LogP) is 4.74. The van der Waals surface area contributed by atoms with Gasteiger partial charge in [0.05, 0.1) is 11.6 Å². The van der Waals surface area contributed by atoms with E-state index in [4.69, 9.17) is 0 Å². The van der Waals surface area contributed by atoms with E-state index in [-0.39, 0.29) is 6.04 Å². The van der Waals surface area contributed by atoms with Gasteiger partial charge in [-0.2, -0.15) is 13.2 Å². The molecule has 0 aliphatic heterocycles. The fraction of sp³-hybridized carbons (Fsp3) is 0.250. The quantitative estimate of drug-likeness (QED) is 0.819. The second-order valence-electron chi connectivity index (χ2n) is 4.62. The van der Waals surface area contributed by atoms with E-state index in [1.54, 1.807) is 24.9 Å². The molecule has 0 spiro atoms. The third-order valence-electron chi connectivity index (χ3n) is 3.29. The first-order valence-corrected chi connectivity index (χ1v) is 7.66. The first-order chi connectivity index (χ1) is 9.95. The summed E-state index contributed by atoms with van der Waals surface area (Å²) >= 11 is 1.63. The molecule has 112 valence electrons. The zero-order valence-electron chi connectivity index (χ0n) is 11.7. The summed E-state index contributed by atoms with van der Waals surface area (Å²) in [5, 5.41) is 3.08. The highest BCUT2D eigenvalue weighted by molar-refractivity contribution is 7.98. The van der Waals surface area contributed by atoms with Gasteiger partial charge in [0.15, 0.2) is 0 Å². The zero-order valence-corrected chi connectivity index (χ0v) is 12.6. The molecule has 2 aromatic carbocycles. The predicted molar refractivity (Wildman–Crippen MR) is 80.6 cm³/mol. The van der Waals surface area contributed by atoms with Crippen molar-refractivity contribution in [2.45, 2.75) is 17.1 Å². The van der Waals surface area contributed by atoms with Gasteiger partial charge in [-0.15, -0.1) is 11.8 Å². The van der Waals surface area contributed by atoms with Crippen LogP contribution in [0.5, 0.6) is 0 Å². The van der Waals surface area contributed by atoms with Crippen molar-refractivity contribution in [1.29, 1.82) is 0 Å². The van der Waals surface area contributed by atoms with Crippen LogP contribution in [0.2, 0.25) is 0 Å². The van der Waals surface area contributed by atoms with Gasteiger partial charge in [0.1, 0.15) is 0 Å². The molecule has 0 radical (unpaired) electrons. The lowest BCUT2D eigenvalue weighted by Gasteiger charge is -2.19. The van der Waals surface area contributed by atoms with Crippen LogP contribution in [-0.2, 0) is 6.18 Å². The number of alkyl halides is 3. The van der Waals surface area contributed by atoms with Crippen LogP contribution >= 0.6 is 11.8 Å². The van der Waals surface area contributed by atoms with Crippen LogP contribution < -0.4 is 5.32 Å². The Kier molecular flexibility index (Phi) is 4.96. The van der Waals surface area contributed by atoms with Gasteiger partial charge in [-0.05, 0) is 48.7 Å². The van der Waals surface area contributed by atoms with Crippen molar-refractivity contribution in [3.8, 4) is 0 Å². The van der Waals surface area contributed by atoms with E-state index in [2.05, 4.69) is 5.32 Å². The Morgan fingerprint density at radius 1 is 1.00 bits per heavy atom. The number of thioether (sulfide) groups is 1. The van der Waals surface area contributed by atoms with Crippen molar-refractivity contribution in [1.82, 2.24) is 5.32 Å². The first-order valence-electron chi connectivity index (χ1n) is 6.44. The van der Waals surface area contributed by atoms with E-state index in [1.807, 2.05) is 30.5 Å². The number of hydrogen-bond donors (Lipinski definition) is 1. The fourth-order valence-electron chi connectivity index (χ4n) is 2.22. The van der Waals surface area contributed by atoms with Crippen molar-refractivity contribution < 1.29 is 13.2 Å². The molecule has 0 bridgehead atoms. The Morgan fingerprint density at radius 2 is 1.67 bits per heavy atom. The second kappa shape index (κ2) is 6.54. The summed E-state index contributed by atoms with van der Waals surface area (Å²) in [4.78, 5) is 1.12. The summed E-state index contributed by atoms with van der Waals surface area (Å²) in [6.07, 6.45) is -2.34. The molecule has 0 aliphatic carbocycles. The van der Waals surface area contributed by atoms with E-state index >= 15 is 0 Å². The molecule has 0 saturated heterocycles. The van der Waals surface area contributed by atoms with Crippen LogP contribution in [0.25, 0.3) is 0 Å². The molecule has 0 amide bonds. The van der Waals surface area contributed by atoms with Crippen molar-refractivity contribution in [2.24, 2.45) is 0 Å². The topological polar surface area (TPSA) is 12.0 Å². The lowest BCUT2D eigenvalue weighted by molar-refractivity contribution is -0.137. The molecule has 1 atom stereocenters.